The number of guanidine groups is 1. The maximum atomic E-state index is 4.59. The van der Waals surface area contributed by atoms with Gasteiger partial charge in [-0.25, -0.2) is 0 Å². The third kappa shape index (κ3) is 5.70. The van der Waals surface area contributed by atoms with Crippen LogP contribution in [0.1, 0.15) is 12.0 Å². The van der Waals surface area contributed by atoms with Gasteiger partial charge in [0.25, 0.3) is 0 Å². The molecule has 18 heavy (non-hydrogen) atoms. The van der Waals surface area contributed by atoms with Crippen LogP contribution in [0, 0.1) is 0 Å². The maximum Gasteiger partial charge on any atom is 0.195 e. The van der Waals surface area contributed by atoms with E-state index >= 15 is 0 Å². The second-order valence-corrected chi connectivity index (χ2v) is 4.60. The van der Waals surface area contributed by atoms with Crippen LogP contribution in [0.2, 0.25) is 0 Å². The number of aromatic nitrogens is 2. The predicted molar refractivity (Wildman–Crippen MR) is 86.6 cm³/mol. The lowest BCUT2D eigenvalue weighted by Crippen LogP contribution is -2.35. The van der Waals surface area contributed by atoms with E-state index in [1.54, 1.807) is 0 Å². The third-order valence-corrected chi connectivity index (χ3v) is 2.44. The van der Waals surface area contributed by atoms with Crippen LogP contribution < -0.4 is 0 Å². The molecular weight excluding hydrogens is 341 g/mol. The molecule has 0 atom stereocenters. The van der Waals surface area contributed by atoms with Gasteiger partial charge in [0.1, 0.15) is 0 Å². The highest BCUT2D eigenvalue weighted by Crippen LogP contribution is 2.01. The lowest BCUT2D eigenvalue weighted by molar-refractivity contribution is 0.479. The van der Waals surface area contributed by atoms with E-state index < -0.39 is 0 Å². The summed E-state index contributed by atoms with van der Waals surface area (Å²) in [6.45, 7) is 0.848. The lowest BCUT2D eigenvalue weighted by Gasteiger charge is -2.22. The van der Waals surface area contributed by atoms with Crippen molar-refractivity contribution in [3.05, 3.63) is 18.0 Å². The first kappa shape index (κ1) is 17.2. The average Bonchev–Trinajstić information content (AvgIpc) is 2.62. The van der Waals surface area contributed by atoms with Crippen molar-refractivity contribution in [1.29, 1.82) is 0 Å². The van der Waals surface area contributed by atoms with Gasteiger partial charge < -0.3 is 9.80 Å². The van der Waals surface area contributed by atoms with Gasteiger partial charge in [-0.3, -0.25) is 9.67 Å². The Bertz CT molecular complexity index is 360. The molecule has 1 rings (SSSR count). The summed E-state index contributed by atoms with van der Waals surface area (Å²) >= 11 is 0. The zero-order chi connectivity index (χ0) is 12.8. The molecule has 0 radical (unpaired) electrons. The zero-order valence-corrected chi connectivity index (χ0v) is 14.3. The Labute approximate surface area is 127 Å². The number of hydrogen-bond donors (Lipinski definition) is 0. The summed E-state index contributed by atoms with van der Waals surface area (Å²) < 4.78 is 1.84. The Kier molecular flexibility index (Phi) is 7.97. The van der Waals surface area contributed by atoms with Crippen LogP contribution in [0.3, 0.4) is 0 Å². The number of aliphatic imine (C=N–C) groups is 1. The summed E-state index contributed by atoms with van der Waals surface area (Å²) in [6.07, 6.45) is 6.06. The maximum absolute atomic E-state index is 4.59. The Morgan fingerprint density at radius 1 is 1.28 bits per heavy atom. The van der Waals surface area contributed by atoms with Crippen molar-refractivity contribution in [2.45, 2.75) is 12.8 Å². The second-order valence-electron chi connectivity index (χ2n) is 4.60. The Balaban J connectivity index is 0.00000289. The molecule has 0 amide bonds. The van der Waals surface area contributed by atoms with Crippen molar-refractivity contribution in [3.63, 3.8) is 0 Å². The van der Waals surface area contributed by atoms with Gasteiger partial charge in [0.2, 0.25) is 0 Å². The minimum atomic E-state index is 0. The standard InChI is InChI=1S/C12H23N5.HI/c1-15(2)12(16(3)4)13-8-6-7-11-9-14-17(5)10-11;/h9-10H,6-8H2,1-5H3;1H. The Morgan fingerprint density at radius 3 is 2.33 bits per heavy atom. The molecule has 0 bridgehead atoms. The SMILES string of the molecule is CN(C)C(=NCCCc1cnn(C)c1)N(C)C.I. The molecule has 0 N–H and O–H groups in total. The normalized spacial score (nSPS) is 9.61. The number of halogens is 1. The van der Waals surface area contributed by atoms with Gasteiger partial charge >= 0.3 is 0 Å². The highest BCUT2D eigenvalue weighted by molar-refractivity contribution is 14.0. The van der Waals surface area contributed by atoms with E-state index in [4.69, 9.17) is 0 Å². The van der Waals surface area contributed by atoms with E-state index in [-0.39, 0.29) is 24.0 Å². The number of aryl methyl sites for hydroxylation is 2. The quantitative estimate of drug-likeness (QED) is 0.351. The largest absolute Gasteiger partial charge is 0.349 e. The first-order valence-corrected chi connectivity index (χ1v) is 5.87. The van der Waals surface area contributed by atoms with Crippen molar-refractivity contribution in [3.8, 4) is 0 Å². The van der Waals surface area contributed by atoms with Crippen molar-refractivity contribution < 1.29 is 0 Å². The van der Waals surface area contributed by atoms with Crippen molar-refractivity contribution in [2.75, 3.05) is 34.7 Å². The van der Waals surface area contributed by atoms with Crippen molar-refractivity contribution in [2.24, 2.45) is 12.0 Å². The summed E-state index contributed by atoms with van der Waals surface area (Å²) in [4.78, 5) is 8.65. The molecular formula is C12H24IN5. The van der Waals surface area contributed by atoms with Gasteiger partial charge in [-0.05, 0) is 18.4 Å². The van der Waals surface area contributed by atoms with Crippen LogP contribution in [0.4, 0.5) is 0 Å². The molecule has 0 aliphatic heterocycles. The van der Waals surface area contributed by atoms with Crippen LogP contribution >= 0.6 is 24.0 Å². The fourth-order valence-corrected chi connectivity index (χ4v) is 1.75. The molecule has 0 aromatic carbocycles. The minimum absolute atomic E-state index is 0. The molecule has 5 nitrogen and oxygen atoms in total. The van der Waals surface area contributed by atoms with Gasteiger partial charge in [0.15, 0.2) is 5.96 Å². The summed E-state index contributed by atoms with van der Waals surface area (Å²) in [7, 11) is 10.00. The molecule has 0 saturated carbocycles. The fourth-order valence-electron chi connectivity index (χ4n) is 1.75. The van der Waals surface area contributed by atoms with Crippen LogP contribution in [-0.2, 0) is 13.5 Å². The van der Waals surface area contributed by atoms with Gasteiger partial charge in [-0.1, -0.05) is 0 Å². The first-order valence-electron chi connectivity index (χ1n) is 5.87. The summed E-state index contributed by atoms with van der Waals surface area (Å²) in [5.41, 5.74) is 1.28. The number of rotatable bonds is 4. The van der Waals surface area contributed by atoms with E-state index in [0.717, 1.165) is 25.3 Å². The highest BCUT2D eigenvalue weighted by atomic mass is 127. The van der Waals surface area contributed by atoms with Gasteiger partial charge in [0.05, 0.1) is 6.20 Å². The van der Waals surface area contributed by atoms with Crippen molar-refractivity contribution in [1.82, 2.24) is 19.6 Å². The Morgan fingerprint density at radius 2 is 1.89 bits per heavy atom. The van der Waals surface area contributed by atoms with Crippen LogP contribution in [0.5, 0.6) is 0 Å². The molecule has 0 unspecified atom stereocenters. The molecule has 6 heteroatoms. The lowest BCUT2D eigenvalue weighted by atomic mass is 10.2. The molecule has 0 aliphatic carbocycles. The monoisotopic (exact) mass is 365 g/mol. The molecule has 1 aromatic heterocycles. The molecule has 1 heterocycles. The second kappa shape index (κ2) is 8.34. The molecule has 104 valence electrons. The summed E-state index contributed by atoms with van der Waals surface area (Å²) in [5.74, 6) is 1.01. The van der Waals surface area contributed by atoms with E-state index in [1.165, 1.54) is 5.56 Å². The number of hydrogen-bond acceptors (Lipinski definition) is 2. The predicted octanol–water partition coefficient (Wildman–Crippen LogP) is 1.45. The Hall–Kier alpha value is -0.790. The van der Waals surface area contributed by atoms with E-state index in [9.17, 15) is 0 Å². The van der Waals surface area contributed by atoms with Gasteiger partial charge in [0, 0.05) is 48.0 Å². The van der Waals surface area contributed by atoms with Crippen molar-refractivity contribution >= 4 is 29.9 Å². The molecule has 0 fully saturated rings. The van der Waals surface area contributed by atoms with Gasteiger partial charge in [-0.2, -0.15) is 5.10 Å². The topological polar surface area (TPSA) is 36.7 Å². The molecule has 0 saturated heterocycles. The fraction of sp³-hybridized carbons (Fsp3) is 0.667. The zero-order valence-electron chi connectivity index (χ0n) is 11.9. The highest BCUT2D eigenvalue weighted by Gasteiger charge is 2.03. The third-order valence-electron chi connectivity index (χ3n) is 2.44. The van der Waals surface area contributed by atoms with E-state index in [2.05, 4.69) is 16.3 Å². The molecule has 0 aliphatic rings. The van der Waals surface area contributed by atoms with Crippen LogP contribution in [0.15, 0.2) is 17.4 Å². The minimum Gasteiger partial charge on any atom is -0.349 e. The summed E-state index contributed by atoms with van der Waals surface area (Å²) in [6, 6.07) is 0. The van der Waals surface area contributed by atoms with Crippen LogP contribution in [0.25, 0.3) is 0 Å². The smallest absolute Gasteiger partial charge is 0.195 e. The number of nitrogens with zero attached hydrogens (tertiary/aromatic N) is 5. The van der Waals surface area contributed by atoms with Gasteiger partial charge in [-0.15, -0.1) is 24.0 Å². The summed E-state index contributed by atoms with van der Waals surface area (Å²) in [5, 5.41) is 4.15. The molecule has 1 aromatic rings. The van der Waals surface area contributed by atoms with E-state index in [0.29, 0.717) is 0 Å². The van der Waals surface area contributed by atoms with E-state index in [1.807, 2.05) is 55.9 Å². The average molecular weight is 365 g/mol. The molecule has 0 spiro atoms. The van der Waals surface area contributed by atoms with Crippen LogP contribution in [-0.4, -0.2) is 60.3 Å². The first-order chi connectivity index (χ1) is 8.00.